The molecule has 1 aromatic carbocycles. The molecule has 0 spiro atoms. The smallest absolute Gasteiger partial charge is 0.407 e. The summed E-state index contributed by atoms with van der Waals surface area (Å²) in [5.74, 6) is -2.78. The van der Waals surface area contributed by atoms with Gasteiger partial charge in [0, 0.05) is 19.1 Å². The predicted molar refractivity (Wildman–Crippen MR) is 202 cm³/mol. The molecule has 0 radical (unpaired) electrons. The van der Waals surface area contributed by atoms with E-state index in [0.29, 0.717) is 25.8 Å². The number of hydrogen-bond donors (Lipinski definition) is 5. The van der Waals surface area contributed by atoms with Crippen LogP contribution in [0.5, 0.6) is 0 Å². The van der Waals surface area contributed by atoms with Crippen molar-refractivity contribution < 1.29 is 33.5 Å². The van der Waals surface area contributed by atoms with Crippen molar-refractivity contribution in [2.24, 2.45) is 28.6 Å². The Bertz CT molecular complexity index is 1530. The molecule has 1 saturated heterocycles. The summed E-state index contributed by atoms with van der Waals surface area (Å²) in [7, 11) is 0. The molecule has 53 heavy (non-hydrogen) atoms. The van der Waals surface area contributed by atoms with Crippen molar-refractivity contribution in [3.05, 3.63) is 48.0 Å². The van der Waals surface area contributed by atoms with Gasteiger partial charge in [0.1, 0.15) is 18.7 Å². The highest BCUT2D eigenvalue weighted by molar-refractivity contribution is 6.38. The van der Waals surface area contributed by atoms with Gasteiger partial charge in [-0.3, -0.25) is 19.2 Å². The average Bonchev–Trinajstić information content (AvgIpc) is 3.44. The van der Waals surface area contributed by atoms with Gasteiger partial charge in [-0.05, 0) is 72.8 Å². The number of likely N-dealkylation sites (tertiary alicyclic amines) is 1. The zero-order chi connectivity index (χ0) is 39.2. The molecule has 6 amide bonds. The van der Waals surface area contributed by atoms with Crippen LogP contribution in [-0.4, -0.2) is 90.4 Å². The topological polar surface area (TPSA) is 175 Å². The summed E-state index contributed by atoms with van der Waals surface area (Å²) in [4.78, 5) is 82.6. The lowest BCUT2D eigenvalue weighted by Crippen LogP contribution is -2.61. The van der Waals surface area contributed by atoms with Crippen molar-refractivity contribution in [2.75, 3.05) is 19.7 Å². The number of piperidine rings is 1. The first kappa shape index (κ1) is 41.3. The zero-order valence-corrected chi connectivity index (χ0v) is 32.7. The van der Waals surface area contributed by atoms with Crippen molar-refractivity contribution in [2.45, 2.75) is 118 Å². The van der Waals surface area contributed by atoms with Crippen molar-refractivity contribution >= 4 is 35.6 Å². The Balaban J connectivity index is 1.59. The third kappa shape index (κ3) is 9.97. The Kier molecular flexibility index (Phi) is 13.4. The van der Waals surface area contributed by atoms with Gasteiger partial charge in [0.15, 0.2) is 0 Å². The van der Waals surface area contributed by atoms with Gasteiger partial charge in [-0.2, -0.15) is 0 Å². The third-order valence-corrected chi connectivity index (χ3v) is 11.1. The van der Waals surface area contributed by atoms with Gasteiger partial charge in [-0.1, -0.05) is 84.7 Å². The molecule has 5 N–H and O–H groups in total. The number of carbonyl (C=O) groups is 6. The average molecular weight is 737 g/mol. The normalized spacial score (nSPS) is 21.7. The van der Waals surface area contributed by atoms with E-state index in [0.717, 1.165) is 17.5 Å². The molecule has 292 valence electrons. The molecule has 4 rings (SSSR count). The van der Waals surface area contributed by atoms with Crippen LogP contribution < -0.4 is 26.6 Å². The molecule has 1 aromatic rings. The highest BCUT2D eigenvalue weighted by Crippen LogP contribution is 2.65. The molecule has 0 bridgehead atoms. The van der Waals surface area contributed by atoms with E-state index in [2.05, 4.69) is 47.0 Å². The first-order valence-electron chi connectivity index (χ1n) is 19.0. The number of carbonyl (C=O) groups excluding carboxylic acids is 6. The molecule has 3 aliphatic rings. The van der Waals surface area contributed by atoms with E-state index in [1.54, 1.807) is 4.90 Å². The number of nitrogens with zero attached hydrogens (tertiary/aromatic N) is 1. The molecule has 13 heteroatoms. The standard InChI is InChI=1S/C40H60N6O7/c1-10-12-17-28(33(47)35(49)41-18-11-2)43-34(48)32-30-27(40(30,8)9)21-46(32)36(50)31(26-19-24-15-13-14-16-25(24)20-26)45-37(51)44-29(39(5,6)7)22-53-38(52)42-23(3)4/h11,13-16,23,26-32H,2,10,12,17-22H2,1,3-9H3,(H,41,49)(H,42,52)(H,43,48)(H2,44,45,51)/t27-,28?,29+,30-,31-,32-/m0/s1. The van der Waals surface area contributed by atoms with Gasteiger partial charge in [-0.15, -0.1) is 6.58 Å². The number of nitrogens with one attached hydrogen (secondary N) is 5. The van der Waals surface area contributed by atoms with Crippen molar-refractivity contribution in [1.82, 2.24) is 31.5 Å². The number of ether oxygens (including phenoxy) is 1. The van der Waals surface area contributed by atoms with Crippen LogP contribution in [0, 0.1) is 28.6 Å². The number of hydrogen-bond acceptors (Lipinski definition) is 7. The summed E-state index contributed by atoms with van der Waals surface area (Å²) in [6.45, 7) is 19.4. The Labute approximate surface area is 314 Å². The van der Waals surface area contributed by atoms with Crippen LogP contribution in [0.1, 0.15) is 85.8 Å². The van der Waals surface area contributed by atoms with Crippen molar-refractivity contribution in [3.63, 3.8) is 0 Å². The largest absolute Gasteiger partial charge is 0.447 e. The fourth-order valence-corrected chi connectivity index (χ4v) is 7.83. The van der Waals surface area contributed by atoms with Crippen LogP contribution in [0.4, 0.5) is 9.59 Å². The van der Waals surface area contributed by atoms with Gasteiger partial charge >= 0.3 is 12.1 Å². The highest BCUT2D eigenvalue weighted by Gasteiger charge is 2.69. The number of unbranched alkanes of at least 4 members (excludes halogenated alkanes) is 1. The second kappa shape index (κ2) is 17.2. The van der Waals surface area contributed by atoms with E-state index in [1.165, 1.54) is 6.08 Å². The van der Waals surface area contributed by atoms with Crippen LogP contribution in [0.15, 0.2) is 36.9 Å². The van der Waals surface area contributed by atoms with Gasteiger partial charge in [-0.25, -0.2) is 9.59 Å². The zero-order valence-electron chi connectivity index (χ0n) is 32.7. The van der Waals surface area contributed by atoms with Crippen LogP contribution in [0.25, 0.3) is 0 Å². The van der Waals surface area contributed by atoms with Gasteiger partial charge in [0.2, 0.25) is 17.6 Å². The first-order chi connectivity index (χ1) is 24.9. The molecule has 1 heterocycles. The number of Topliss-reactive ketones (excluding diaryl/α,β-unsaturated/α-hetero) is 1. The molecule has 2 fully saturated rings. The van der Waals surface area contributed by atoms with E-state index in [-0.39, 0.29) is 54.7 Å². The summed E-state index contributed by atoms with van der Waals surface area (Å²) in [5, 5.41) is 14.0. The molecular formula is C40H60N6O7. The van der Waals surface area contributed by atoms with E-state index in [1.807, 2.05) is 65.8 Å². The fourth-order valence-electron chi connectivity index (χ4n) is 7.83. The lowest BCUT2D eigenvalue weighted by Gasteiger charge is -2.36. The summed E-state index contributed by atoms with van der Waals surface area (Å²) < 4.78 is 5.44. The molecule has 13 nitrogen and oxygen atoms in total. The van der Waals surface area contributed by atoms with Crippen LogP contribution >= 0.6 is 0 Å². The maximum atomic E-state index is 14.8. The molecule has 2 aliphatic carbocycles. The van der Waals surface area contributed by atoms with E-state index < -0.39 is 59.3 Å². The fraction of sp³-hybridized carbons (Fsp3) is 0.650. The van der Waals surface area contributed by atoms with Gasteiger partial charge < -0.3 is 36.2 Å². The number of alkyl carbamates (subject to hydrolysis) is 1. The van der Waals surface area contributed by atoms with E-state index in [4.69, 9.17) is 4.74 Å². The highest BCUT2D eigenvalue weighted by atomic mass is 16.5. The number of urea groups is 1. The maximum Gasteiger partial charge on any atom is 0.407 e. The minimum Gasteiger partial charge on any atom is -0.447 e. The predicted octanol–water partition coefficient (Wildman–Crippen LogP) is 3.65. The summed E-state index contributed by atoms with van der Waals surface area (Å²) in [5.41, 5.74) is 1.48. The molecule has 1 saturated carbocycles. The van der Waals surface area contributed by atoms with E-state index >= 15 is 0 Å². The second-order valence-corrected chi connectivity index (χ2v) is 16.8. The molecule has 6 atom stereocenters. The Morgan fingerprint density at radius 2 is 1.64 bits per heavy atom. The summed E-state index contributed by atoms with van der Waals surface area (Å²) >= 11 is 0. The van der Waals surface area contributed by atoms with E-state index in [9.17, 15) is 28.8 Å². The molecule has 1 aliphatic heterocycles. The number of amides is 6. The number of ketones is 1. The molecule has 1 unspecified atom stereocenters. The second-order valence-electron chi connectivity index (χ2n) is 16.8. The first-order valence-corrected chi connectivity index (χ1v) is 19.0. The third-order valence-electron chi connectivity index (χ3n) is 11.1. The molecule has 0 aromatic heterocycles. The maximum absolute atomic E-state index is 14.8. The monoisotopic (exact) mass is 736 g/mol. The minimum atomic E-state index is -1.05. The summed E-state index contributed by atoms with van der Waals surface area (Å²) in [6.07, 6.45) is 3.65. The van der Waals surface area contributed by atoms with Crippen molar-refractivity contribution in [3.8, 4) is 0 Å². The SMILES string of the molecule is C=CCNC(=O)C(=O)C(CCCC)NC(=O)[C@@H]1[C@@H]2[C@H](CN1C(=O)[C@@H](NC(=O)N[C@H](COC(=O)NC(C)C)C(C)(C)C)C1Cc3ccccc3C1)C2(C)C. The molecular weight excluding hydrogens is 676 g/mol. The van der Waals surface area contributed by atoms with Crippen LogP contribution in [0.2, 0.25) is 0 Å². The Morgan fingerprint density at radius 1 is 1.00 bits per heavy atom. The number of rotatable bonds is 16. The lowest BCUT2D eigenvalue weighted by atomic mass is 9.87. The van der Waals surface area contributed by atoms with Gasteiger partial charge in [0.25, 0.3) is 5.91 Å². The van der Waals surface area contributed by atoms with Crippen molar-refractivity contribution in [1.29, 1.82) is 0 Å². The Morgan fingerprint density at radius 3 is 2.21 bits per heavy atom. The van der Waals surface area contributed by atoms with Crippen LogP contribution in [-0.2, 0) is 36.8 Å². The van der Waals surface area contributed by atoms with Gasteiger partial charge in [0.05, 0.1) is 12.1 Å². The summed E-state index contributed by atoms with van der Waals surface area (Å²) in [6, 6.07) is 3.74. The quantitative estimate of drug-likeness (QED) is 0.127. The Hall–Kier alpha value is -4.42. The lowest BCUT2D eigenvalue weighted by molar-refractivity contribution is -0.144. The van der Waals surface area contributed by atoms with Crippen LogP contribution in [0.3, 0.4) is 0 Å². The minimum absolute atomic E-state index is 0.0533. The number of benzene rings is 1. The number of fused-ring (bicyclic) bond motifs is 2.